The van der Waals surface area contributed by atoms with Crippen molar-refractivity contribution in [1.82, 2.24) is 19.7 Å². The number of carbonyl (C=O) groups is 1. The molecule has 0 fully saturated rings. The molecule has 0 bridgehead atoms. The minimum Gasteiger partial charge on any atom is -0.310 e. The Morgan fingerprint density at radius 3 is 2.70 bits per heavy atom. The van der Waals surface area contributed by atoms with Crippen molar-refractivity contribution >= 4 is 27.5 Å². The number of anilines is 1. The number of carbonyl (C=O) groups excluding carboxylic acids is 1. The van der Waals surface area contributed by atoms with E-state index in [9.17, 15) is 4.79 Å². The molecule has 0 aliphatic rings. The summed E-state index contributed by atoms with van der Waals surface area (Å²) in [5.74, 6) is 0.502. The number of hydrogen-bond donors (Lipinski definition) is 0. The molecule has 116 valence electrons. The van der Waals surface area contributed by atoms with E-state index < -0.39 is 0 Å². The Morgan fingerprint density at radius 2 is 2.00 bits per heavy atom. The number of halogens is 1. The fraction of sp³-hybridized carbons (Fsp3) is 0.125. The van der Waals surface area contributed by atoms with Crippen LogP contribution in [0.15, 0.2) is 53.5 Å². The lowest BCUT2D eigenvalue weighted by molar-refractivity contribution is 0.0992. The number of rotatable bonds is 3. The van der Waals surface area contributed by atoms with Crippen molar-refractivity contribution in [2.75, 3.05) is 11.9 Å². The lowest BCUT2D eigenvalue weighted by Crippen LogP contribution is -2.26. The predicted molar refractivity (Wildman–Crippen MR) is 90.8 cm³/mol. The third-order valence-corrected chi connectivity index (χ3v) is 4.14. The van der Waals surface area contributed by atoms with Crippen molar-refractivity contribution in [3.05, 3.63) is 64.8 Å². The van der Waals surface area contributed by atoms with Crippen LogP contribution in [-0.4, -0.2) is 32.7 Å². The third kappa shape index (κ3) is 2.87. The monoisotopic (exact) mass is 371 g/mol. The first-order valence-electron chi connectivity index (χ1n) is 6.93. The smallest absolute Gasteiger partial charge is 0.261 e. The molecule has 0 unspecified atom stereocenters. The van der Waals surface area contributed by atoms with E-state index in [0.29, 0.717) is 11.4 Å². The van der Waals surface area contributed by atoms with Crippen molar-refractivity contribution in [2.45, 2.75) is 6.92 Å². The molecule has 3 aromatic heterocycles. The van der Waals surface area contributed by atoms with E-state index in [0.717, 1.165) is 15.9 Å². The van der Waals surface area contributed by atoms with Gasteiger partial charge in [0.25, 0.3) is 5.91 Å². The quantitative estimate of drug-likeness (QED) is 0.709. The molecule has 0 aromatic carbocycles. The average Bonchev–Trinajstić information content (AvgIpc) is 2.96. The molecule has 0 aliphatic heterocycles. The molecular formula is C16H14BrN5O. The Morgan fingerprint density at radius 1 is 1.22 bits per heavy atom. The number of pyridine rings is 2. The fourth-order valence-electron chi connectivity index (χ4n) is 2.22. The normalized spacial score (nSPS) is 10.6. The van der Waals surface area contributed by atoms with Crippen LogP contribution in [0.5, 0.6) is 0 Å². The molecule has 0 spiro atoms. The topological polar surface area (TPSA) is 63.9 Å². The molecule has 3 rings (SSSR count). The summed E-state index contributed by atoms with van der Waals surface area (Å²) in [4.78, 5) is 22.6. The lowest BCUT2D eigenvalue weighted by atomic mass is 10.2. The van der Waals surface area contributed by atoms with E-state index in [1.165, 1.54) is 0 Å². The van der Waals surface area contributed by atoms with Gasteiger partial charge in [-0.25, -0.2) is 9.67 Å². The average molecular weight is 372 g/mol. The summed E-state index contributed by atoms with van der Waals surface area (Å²) < 4.78 is 2.46. The molecule has 0 aliphatic carbocycles. The van der Waals surface area contributed by atoms with Gasteiger partial charge < -0.3 is 4.90 Å². The van der Waals surface area contributed by atoms with Crippen molar-refractivity contribution in [3.8, 4) is 5.82 Å². The molecule has 0 N–H and O–H groups in total. The standard InChI is InChI=1S/C16H14BrN5O/c1-11-13(16(23)21(2)12-5-3-7-18-9-12)10-20-22(11)15-14(17)6-4-8-19-15/h3-10H,1-2H3. The first-order valence-corrected chi connectivity index (χ1v) is 7.72. The van der Waals surface area contributed by atoms with Crippen LogP contribution in [0.25, 0.3) is 5.82 Å². The maximum Gasteiger partial charge on any atom is 0.261 e. The van der Waals surface area contributed by atoms with Crippen molar-refractivity contribution < 1.29 is 4.79 Å². The Hall–Kier alpha value is -2.54. The van der Waals surface area contributed by atoms with Crippen LogP contribution >= 0.6 is 15.9 Å². The van der Waals surface area contributed by atoms with Crippen molar-refractivity contribution in [2.24, 2.45) is 0 Å². The number of aromatic nitrogens is 4. The second kappa shape index (κ2) is 6.29. The largest absolute Gasteiger partial charge is 0.310 e. The molecule has 23 heavy (non-hydrogen) atoms. The van der Waals surface area contributed by atoms with E-state index in [1.54, 1.807) is 47.5 Å². The van der Waals surface area contributed by atoms with E-state index >= 15 is 0 Å². The Kier molecular flexibility index (Phi) is 4.20. The van der Waals surface area contributed by atoms with E-state index in [2.05, 4.69) is 31.0 Å². The summed E-state index contributed by atoms with van der Waals surface area (Å²) in [5.41, 5.74) is 1.97. The number of amides is 1. The maximum atomic E-state index is 12.7. The summed E-state index contributed by atoms with van der Waals surface area (Å²) in [6, 6.07) is 7.34. The molecule has 3 heterocycles. The second-order valence-corrected chi connectivity index (χ2v) is 5.79. The summed E-state index contributed by atoms with van der Waals surface area (Å²) in [5, 5.41) is 4.30. The first kappa shape index (κ1) is 15.4. The van der Waals surface area contributed by atoms with Crippen molar-refractivity contribution in [3.63, 3.8) is 0 Å². The van der Waals surface area contributed by atoms with Gasteiger partial charge in [0.05, 0.1) is 33.8 Å². The third-order valence-electron chi connectivity index (χ3n) is 3.52. The zero-order valence-corrected chi connectivity index (χ0v) is 14.2. The van der Waals surface area contributed by atoms with Gasteiger partial charge >= 0.3 is 0 Å². The van der Waals surface area contributed by atoms with Gasteiger partial charge in [-0.2, -0.15) is 5.10 Å². The first-order chi connectivity index (χ1) is 11.1. The molecule has 6 nitrogen and oxygen atoms in total. The summed E-state index contributed by atoms with van der Waals surface area (Å²) in [7, 11) is 1.72. The van der Waals surface area contributed by atoms with Gasteiger partial charge in [0.1, 0.15) is 0 Å². The number of nitrogens with zero attached hydrogens (tertiary/aromatic N) is 5. The highest BCUT2D eigenvalue weighted by molar-refractivity contribution is 9.10. The molecule has 0 saturated heterocycles. The highest BCUT2D eigenvalue weighted by Gasteiger charge is 2.20. The van der Waals surface area contributed by atoms with E-state index in [1.807, 2.05) is 25.1 Å². The van der Waals surface area contributed by atoms with Gasteiger partial charge in [0.2, 0.25) is 0 Å². The highest BCUT2D eigenvalue weighted by atomic mass is 79.9. The van der Waals surface area contributed by atoms with Crippen LogP contribution in [-0.2, 0) is 0 Å². The molecule has 0 atom stereocenters. The predicted octanol–water partition coefficient (Wildman–Crippen LogP) is 3.01. The zero-order valence-electron chi connectivity index (χ0n) is 12.6. The van der Waals surface area contributed by atoms with Gasteiger partial charge in [0.15, 0.2) is 5.82 Å². The SMILES string of the molecule is Cc1c(C(=O)N(C)c2cccnc2)cnn1-c1ncccc1Br. The molecule has 3 aromatic rings. The van der Waals surface area contributed by atoms with Crippen LogP contribution in [0.1, 0.15) is 16.1 Å². The Balaban J connectivity index is 1.96. The lowest BCUT2D eigenvalue weighted by Gasteiger charge is -2.16. The summed E-state index contributed by atoms with van der Waals surface area (Å²) >= 11 is 3.45. The van der Waals surface area contributed by atoms with E-state index in [-0.39, 0.29) is 5.91 Å². The fourth-order valence-corrected chi connectivity index (χ4v) is 2.64. The number of hydrogen-bond acceptors (Lipinski definition) is 4. The maximum absolute atomic E-state index is 12.7. The Labute approximate surface area is 141 Å². The Bertz CT molecular complexity index is 847. The van der Waals surface area contributed by atoms with Crippen LogP contribution in [0.2, 0.25) is 0 Å². The molecule has 1 amide bonds. The zero-order chi connectivity index (χ0) is 16.4. The van der Waals surface area contributed by atoms with Crippen LogP contribution in [0, 0.1) is 6.92 Å². The molecule has 0 saturated carbocycles. The molecular weight excluding hydrogens is 358 g/mol. The minimum atomic E-state index is -0.145. The van der Waals surface area contributed by atoms with Gasteiger partial charge in [-0.1, -0.05) is 0 Å². The summed E-state index contributed by atoms with van der Waals surface area (Å²) in [6.07, 6.45) is 6.56. The molecule has 0 radical (unpaired) electrons. The van der Waals surface area contributed by atoms with Gasteiger partial charge in [-0.15, -0.1) is 0 Å². The minimum absolute atomic E-state index is 0.145. The van der Waals surface area contributed by atoms with Gasteiger partial charge in [0, 0.05) is 19.4 Å². The molecule has 7 heteroatoms. The van der Waals surface area contributed by atoms with Crippen LogP contribution in [0.3, 0.4) is 0 Å². The van der Waals surface area contributed by atoms with Crippen LogP contribution < -0.4 is 4.90 Å². The summed E-state index contributed by atoms with van der Waals surface area (Å²) in [6.45, 7) is 1.85. The highest BCUT2D eigenvalue weighted by Crippen LogP contribution is 2.22. The van der Waals surface area contributed by atoms with E-state index in [4.69, 9.17) is 0 Å². The van der Waals surface area contributed by atoms with Gasteiger partial charge in [-0.3, -0.25) is 9.78 Å². The second-order valence-electron chi connectivity index (χ2n) is 4.94. The van der Waals surface area contributed by atoms with Crippen LogP contribution in [0.4, 0.5) is 5.69 Å². The van der Waals surface area contributed by atoms with Gasteiger partial charge in [-0.05, 0) is 47.1 Å². The van der Waals surface area contributed by atoms with Crippen molar-refractivity contribution in [1.29, 1.82) is 0 Å².